The average Bonchev–Trinajstić information content (AvgIpc) is 2.63. The van der Waals surface area contributed by atoms with E-state index in [9.17, 15) is 4.79 Å². The van der Waals surface area contributed by atoms with Gasteiger partial charge in [0.05, 0.1) is 6.61 Å². The van der Waals surface area contributed by atoms with Crippen molar-refractivity contribution in [2.45, 2.75) is 26.7 Å². The molecule has 0 saturated heterocycles. The van der Waals surface area contributed by atoms with Gasteiger partial charge < -0.3 is 19.5 Å². The van der Waals surface area contributed by atoms with Crippen LogP contribution in [-0.2, 0) is 9.53 Å². The van der Waals surface area contributed by atoms with E-state index in [0.717, 1.165) is 11.1 Å². The summed E-state index contributed by atoms with van der Waals surface area (Å²) in [7, 11) is 1.59. The number of carbonyl (C=O) groups is 1. The zero-order valence-electron chi connectivity index (χ0n) is 16.0. The number of nitrogens with zero attached hydrogens (tertiary/aromatic N) is 1. The molecule has 0 atom stereocenters. The fourth-order valence-corrected chi connectivity index (χ4v) is 2.57. The van der Waals surface area contributed by atoms with Crippen molar-refractivity contribution >= 4 is 23.2 Å². The molecule has 1 amide bonds. The molecule has 2 aromatic rings. The topological polar surface area (TPSA) is 69.7 Å². The van der Waals surface area contributed by atoms with Crippen LogP contribution in [0.15, 0.2) is 30.5 Å². The third-order valence-electron chi connectivity index (χ3n) is 3.84. The maximum absolute atomic E-state index is 12.3. The summed E-state index contributed by atoms with van der Waals surface area (Å²) < 4.78 is 16.2. The minimum atomic E-state index is -0.304. The number of anilines is 1. The van der Waals surface area contributed by atoms with Crippen molar-refractivity contribution in [2.24, 2.45) is 0 Å². The zero-order chi connectivity index (χ0) is 19.8. The zero-order valence-corrected chi connectivity index (χ0v) is 16.8. The molecule has 0 fully saturated rings. The average molecular weight is 393 g/mol. The first-order valence-electron chi connectivity index (χ1n) is 8.71. The van der Waals surface area contributed by atoms with Crippen LogP contribution in [0.4, 0.5) is 5.69 Å². The second-order valence-corrected chi connectivity index (χ2v) is 6.74. The lowest BCUT2D eigenvalue weighted by atomic mass is 10.0. The van der Waals surface area contributed by atoms with E-state index in [-0.39, 0.29) is 18.4 Å². The molecular weight excluding hydrogens is 368 g/mol. The van der Waals surface area contributed by atoms with E-state index in [2.05, 4.69) is 10.3 Å². The number of benzene rings is 1. The van der Waals surface area contributed by atoms with Crippen LogP contribution in [0, 0.1) is 6.92 Å². The molecule has 0 aliphatic carbocycles. The molecule has 1 N–H and O–H groups in total. The van der Waals surface area contributed by atoms with Crippen molar-refractivity contribution in [3.8, 4) is 11.6 Å². The Morgan fingerprint density at radius 3 is 2.74 bits per heavy atom. The van der Waals surface area contributed by atoms with E-state index in [0.29, 0.717) is 35.6 Å². The Balaban J connectivity index is 2.02. The minimum absolute atomic E-state index is 0.132. The molecule has 0 radical (unpaired) electrons. The Hall–Kier alpha value is -2.31. The Morgan fingerprint density at radius 2 is 2.04 bits per heavy atom. The lowest BCUT2D eigenvalue weighted by Gasteiger charge is -2.16. The number of ether oxygens (including phenoxy) is 3. The first-order chi connectivity index (χ1) is 12.9. The number of carbonyl (C=O) groups excluding carboxylic acids is 1. The van der Waals surface area contributed by atoms with Gasteiger partial charge in [0.25, 0.3) is 5.91 Å². The third-order valence-corrected chi connectivity index (χ3v) is 4.25. The van der Waals surface area contributed by atoms with Gasteiger partial charge in [0.2, 0.25) is 5.88 Å². The van der Waals surface area contributed by atoms with Gasteiger partial charge >= 0.3 is 0 Å². The van der Waals surface area contributed by atoms with Gasteiger partial charge in [-0.05, 0) is 48.2 Å². The standard InChI is InChI=1S/C20H25ClN2O4/c1-13(2)15-11-16(21)14(3)10-18(15)27-12-19(24)23-17-6-5-7-22-20(17)26-9-8-25-4/h5-7,10-11,13H,8-9,12H2,1-4H3,(H,23,24). The van der Waals surface area contributed by atoms with Crippen molar-refractivity contribution in [3.63, 3.8) is 0 Å². The van der Waals surface area contributed by atoms with Crippen LogP contribution in [-0.4, -0.2) is 37.8 Å². The Morgan fingerprint density at radius 1 is 1.26 bits per heavy atom. The molecule has 0 saturated carbocycles. The summed E-state index contributed by atoms with van der Waals surface area (Å²) in [6.45, 7) is 6.64. The summed E-state index contributed by atoms with van der Waals surface area (Å²) >= 11 is 6.20. The maximum Gasteiger partial charge on any atom is 0.262 e. The van der Waals surface area contributed by atoms with Gasteiger partial charge in [-0.25, -0.2) is 4.98 Å². The van der Waals surface area contributed by atoms with Gasteiger partial charge in [-0.2, -0.15) is 0 Å². The number of rotatable bonds is 9. The van der Waals surface area contributed by atoms with Crippen molar-refractivity contribution in [1.82, 2.24) is 4.98 Å². The van der Waals surface area contributed by atoms with Crippen LogP contribution in [0.1, 0.15) is 30.9 Å². The molecule has 1 heterocycles. The number of nitrogens with one attached hydrogen (secondary N) is 1. The van der Waals surface area contributed by atoms with E-state index < -0.39 is 0 Å². The molecule has 7 heteroatoms. The molecule has 1 aromatic heterocycles. The number of hydrogen-bond acceptors (Lipinski definition) is 5. The third kappa shape index (κ3) is 6.12. The summed E-state index contributed by atoms with van der Waals surface area (Å²) in [6.07, 6.45) is 1.60. The molecular formula is C20H25ClN2O4. The quantitative estimate of drug-likeness (QED) is 0.647. The summed E-state index contributed by atoms with van der Waals surface area (Å²) in [4.78, 5) is 16.5. The highest BCUT2D eigenvalue weighted by molar-refractivity contribution is 6.31. The van der Waals surface area contributed by atoms with Crippen LogP contribution < -0.4 is 14.8 Å². The van der Waals surface area contributed by atoms with Crippen LogP contribution in [0.2, 0.25) is 5.02 Å². The molecule has 0 aliphatic rings. The number of methoxy groups -OCH3 is 1. The molecule has 0 bridgehead atoms. The fraction of sp³-hybridized carbons (Fsp3) is 0.400. The number of amides is 1. The van der Waals surface area contributed by atoms with Gasteiger partial charge in [-0.1, -0.05) is 25.4 Å². The van der Waals surface area contributed by atoms with E-state index >= 15 is 0 Å². The van der Waals surface area contributed by atoms with Gasteiger partial charge in [-0.15, -0.1) is 0 Å². The molecule has 0 aliphatic heterocycles. The molecule has 1 aromatic carbocycles. The predicted octanol–water partition coefficient (Wildman–Crippen LogP) is 4.21. The number of halogens is 1. The van der Waals surface area contributed by atoms with Gasteiger partial charge in [0, 0.05) is 18.3 Å². The summed E-state index contributed by atoms with van der Waals surface area (Å²) in [6, 6.07) is 7.18. The van der Waals surface area contributed by atoms with E-state index in [4.69, 9.17) is 25.8 Å². The largest absolute Gasteiger partial charge is 0.483 e. The van der Waals surface area contributed by atoms with Crippen molar-refractivity contribution in [2.75, 3.05) is 32.2 Å². The van der Waals surface area contributed by atoms with Crippen LogP contribution >= 0.6 is 11.6 Å². The monoisotopic (exact) mass is 392 g/mol. The van der Waals surface area contributed by atoms with E-state index in [1.54, 1.807) is 25.4 Å². The maximum atomic E-state index is 12.3. The molecule has 0 unspecified atom stereocenters. The summed E-state index contributed by atoms with van der Waals surface area (Å²) in [5.74, 6) is 0.917. The van der Waals surface area contributed by atoms with Crippen molar-refractivity contribution in [3.05, 3.63) is 46.6 Å². The van der Waals surface area contributed by atoms with E-state index in [1.807, 2.05) is 32.9 Å². The van der Waals surface area contributed by atoms with Gasteiger partial charge in [0.1, 0.15) is 18.0 Å². The minimum Gasteiger partial charge on any atom is -0.483 e. The first-order valence-corrected chi connectivity index (χ1v) is 9.09. The number of pyridine rings is 1. The number of aryl methyl sites for hydroxylation is 1. The highest BCUT2D eigenvalue weighted by Crippen LogP contribution is 2.32. The predicted molar refractivity (Wildman–Crippen MR) is 106 cm³/mol. The summed E-state index contributed by atoms with van der Waals surface area (Å²) in [5, 5.41) is 3.45. The molecule has 27 heavy (non-hydrogen) atoms. The number of hydrogen-bond donors (Lipinski definition) is 1. The Labute approximate surface area is 164 Å². The van der Waals surface area contributed by atoms with E-state index in [1.165, 1.54) is 0 Å². The summed E-state index contributed by atoms with van der Waals surface area (Å²) in [5.41, 5.74) is 2.35. The van der Waals surface area contributed by atoms with Crippen LogP contribution in [0.25, 0.3) is 0 Å². The second-order valence-electron chi connectivity index (χ2n) is 6.33. The smallest absolute Gasteiger partial charge is 0.262 e. The molecule has 146 valence electrons. The SMILES string of the molecule is COCCOc1ncccc1NC(=O)COc1cc(C)c(Cl)cc1C(C)C. The highest BCUT2D eigenvalue weighted by atomic mass is 35.5. The van der Waals surface area contributed by atoms with Crippen molar-refractivity contribution in [1.29, 1.82) is 0 Å². The number of aromatic nitrogens is 1. The van der Waals surface area contributed by atoms with Crippen LogP contribution in [0.5, 0.6) is 11.6 Å². The van der Waals surface area contributed by atoms with Gasteiger partial charge in [0.15, 0.2) is 6.61 Å². The van der Waals surface area contributed by atoms with Crippen molar-refractivity contribution < 1.29 is 19.0 Å². The normalized spacial score (nSPS) is 10.7. The Bertz CT molecular complexity index is 781. The molecule has 0 spiro atoms. The first kappa shape index (κ1) is 21.0. The molecule has 2 rings (SSSR count). The fourth-order valence-electron chi connectivity index (χ4n) is 2.40. The Kier molecular flexibility index (Phi) is 7.88. The second kappa shape index (κ2) is 10.1. The van der Waals surface area contributed by atoms with Gasteiger partial charge in [-0.3, -0.25) is 4.79 Å². The molecule has 6 nitrogen and oxygen atoms in total. The lowest BCUT2D eigenvalue weighted by Crippen LogP contribution is -2.21. The van der Waals surface area contributed by atoms with Crippen LogP contribution in [0.3, 0.4) is 0 Å². The lowest BCUT2D eigenvalue weighted by molar-refractivity contribution is -0.118. The highest BCUT2D eigenvalue weighted by Gasteiger charge is 2.14.